The normalized spacial score (nSPS) is 11.0. The van der Waals surface area contributed by atoms with E-state index in [2.05, 4.69) is 10.1 Å². The average Bonchev–Trinajstić information content (AvgIpc) is 2.66. The molecule has 0 bridgehead atoms. The second-order valence-electron chi connectivity index (χ2n) is 4.37. The van der Waals surface area contributed by atoms with Crippen LogP contribution >= 0.6 is 0 Å². The lowest BCUT2D eigenvalue weighted by molar-refractivity contribution is 0.774. The van der Waals surface area contributed by atoms with Crippen LogP contribution in [0.25, 0.3) is 22.3 Å². The number of nitrogens with zero attached hydrogens (tertiary/aromatic N) is 3. The second kappa shape index (κ2) is 3.84. The predicted molar refractivity (Wildman–Crippen MR) is 73.1 cm³/mol. The van der Waals surface area contributed by atoms with Crippen LogP contribution in [0.2, 0.25) is 0 Å². The molecule has 1 aromatic carbocycles. The number of rotatable bonds is 1. The van der Waals surface area contributed by atoms with Crippen LogP contribution < -0.4 is 5.73 Å². The van der Waals surface area contributed by atoms with Crippen LogP contribution in [0.4, 0.5) is 5.69 Å². The Morgan fingerprint density at radius 1 is 1.17 bits per heavy atom. The summed E-state index contributed by atoms with van der Waals surface area (Å²) in [4.78, 5) is 4.65. The van der Waals surface area contributed by atoms with Crippen LogP contribution in [0.1, 0.15) is 5.69 Å². The van der Waals surface area contributed by atoms with E-state index in [4.69, 9.17) is 5.73 Å². The molecular formula is C14H14N4. The van der Waals surface area contributed by atoms with E-state index >= 15 is 0 Å². The summed E-state index contributed by atoms with van der Waals surface area (Å²) in [5.41, 5.74) is 10.5. The number of hydrogen-bond acceptors (Lipinski definition) is 3. The summed E-state index contributed by atoms with van der Waals surface area (Å²) in [5.74, 6) is 0. The van der Waals surface area contributed by atoms with Crippen molar-refractivity contribution in [1.29, 1.82) is 0 Å². The Bertz CT molecular complexity index is 713. The third-order valence-corrected chi connectivity index (χ3v) is 3.07. The molecular weight excluding hydrogens is 224 g/mol. The molecule has 0 atom stereocenters. The highest BCUT2D eigenvalue weighted by molar-refractivity contribution is 5.92. The minimum Gasteiger partial charge on any atom is -0.398 e. The zero-order chi connectivity index (χ0) is 12.7. The number of aryl methyl sites for hydroxylation is 2. The molecule has 3 aromatic rings. The summed E-state index contributed by atoms with van der Waals surface area (Å²) in [6, 6.07) is 11.9. The Hall–Kier alpha value is -2.36. The smallest absolute Gasteiger partial charge is 0.160 e. The third kappa shape index (κ3) is 1.54. The van der Waals surface area contributed by atoms with Gasteiger partial charge in [0.1, 0.15) is 0 Å². The molecule has 0 saturated heterocycles. The largest absolute Gasteiger partial charge is 0.398 e. The standard InChI is InChI=1S/C14H14N4/c1-9-13-11(15)8-12(10-6-4-3-5-7-10)16-14(13)18(2)17-9/h3-8H,1-2H3,(H2,15,16). The summed E-state index contributed by atoms with van der Waals surface area (Å²) in [6.45, 7) is 1.95. The zero-order valence-electron chi connectivity index (χ0n) is 10.4. The molecule has 2 heterocycles. The molecule has 0 unspecified atom stereocenters. The number of fused-ring (bicyclic) bond motifs is 1. The zero-order valence-corrected chi connectivity index (χ0v) is 10.4. The van der Waals surface area contributed by atoms with Crippen LogP contribution in [-0.2, 0) is 7.05 Å². The Labute approximate surface area is 105 Å². The highest BCUT2D eigenvalue weighted by Gasteiger charge is 2.12. The first-order valence-corrected chi connectivity index (χ1v) is 5.82. The third-order valence-electron chi connectivity index (χ3n) is 3.07. The van der Waals surface area contributed by atoms with Gasteiger partial charge in [-0.2, -0.15) is 5.10 Å². The van der Waals surface area contributed by atoms with Gasteiger partial charge in [0.2, 0.25) is 0 Å². The number of aromatic nitrogens is 3. The van der Waals surface area contributed by atoms with Gasteiger partial charge in [-0.1, -0.05) is 30.3 Å². The van der Waals surface area contributed by atoms with Crippen LogP contribution in [0.3, 0.4) is 0 Å². The van der Waals surface area contributed by atoms with Crippen molar-refractivity contribution in [3.8, 4) is 11.3 Å². The first-order chi connectivity index (χ1) is 8.66. The number of anilines is 1. The second-order valence-corrected chi connectivity index (χ2v) is 4.37. The van der Waals surface area contributed by atoms with Crippen LogP contribution in [0, 0.1) is 6.92 Å². The number of nitrogen functional groups attached to an aromatic ring is 1. The van der Waals surface area contributed by atoms with Crippen LogP contribution in [0.5, 0.6) is 0 Å². The van der Waals surface area contributed by atoms with E-state index in [1.54, 1.807) is 4.68 Å². The van der Waals surface area contributed by atoms with Crippen LogP contribution in [-0.4, -0.2) is 14.8 Å². The van der Waals surface area contributed by atoms with Gasteiger partial charge in [-0.3, -0.25) is 4.68 Å². The molecule has 18 heavy (non-hydrogen) atoms. The summed E-state index contributed by atoms with van der Waals surface area (Å²) in [6.07, 6.45) is 0. The van der Waals surface area contributed by atoms with Crippen molar-refractivity contribution in [3.63, 3.8) is 0 Å². The van der Waals surface area contributed by atoms with Gasteiger partial charge in [0, 0.05) is 18.3 Å². The summed E-state index contributed by atoms with van der Waals surface area (Å²) in [7, 11) is 1.89. The fraction of sp³-hybridized carbons (Fsp3) is 0.143. The Kier molecular flexibility index (Phi) is 2.30. The number of nitrogens with two attached hydrogens (primary N) is 1. The number of hydrogen-bond donors (Lipinski definition) is 1. The summed E-state index contributed by atoms with van der Waals surface area (Å²) in [5, 5.41) is 5.30. The SMILES string of the molecule is Cc1nn(C)c2nc(-c3ccccc3)cc(N)c12. The van der Waals surface area contributed by atoms with E-state index < -0.39 is 0 Å². The first-order valence-electron chi connectivity index (χ1n) is 5.82. The molecule has 0 radical (unpaired) electrons. The molecule has 0 aliphatic carbocycles. The highest BCUT2D eigenvalue weighted by atomic mass is 15.3. The minimum absolute atomic E-state index is 0.726. The van der Waals surface area contributed by atoms with E-state index in [9.17, 15) is 0 Å². The molecule has 0 spiro atoms. The Morgan fingerprint density at radius 3 is 2.61 bits per heavy atom. The molecule has 4 heteroatoms. The van der Waals surface area contributed by atoms with Gasteiger partial charge in [0.25, 0.3) is 0 Å². The summed E-state index contributed by atoms with van der Waals surface area (Å²) < 4.78 is 1.77. The Morgan fingerprint density at radius 2 is 1.89 bits per heavy atom. The molecule has 2 aromatic heterocycles. The first kappa shape index (κ1) is 10.8. The van der Waals surface area contributed by atoms with E-state index in [0.29, 0.717) is 0 Å². The van der Waals surface area contributed by atoms with Crippen molar-refractivity contribution in [2.45, 2.75) is 6.92 Å². The van der Waals surface area contributed by atoms with Gasteiger partial charge in [0.15, 0.2) is 5.65 Å². The van der Waals surface area contributed by atoms with Crippen molar-refractivity contribution in [2.75, 3.05) is 5.73 Å². The fourth-order valence-corrected chi connectivity index (χ4v) is 2.23. The van der Waals surface area contributed by atoms with Crippen molar-refractivity contribution in [3.05, 3.63) is 42.1 Å². The Balaban J connectivity index is 2.31. The molecule has 3 rings (SSSR count). The van der Waals surface area contributed by atoms with Crippen molar-refractivity contribution < 1.29 is 0 Å². The maximum atomic E-state index is 6.12. The van der Waals surface area contributed by atoms with Crippen molar-refractivity contribution in [1.82, 2.24) is 14.8 Å². The number of pyridine rings is 1. The topological polar surface area (TPSA) is 56.7 Å². The van der Waals surface area contributed by atoms with Gasteiger partial charge in [-0.15, -0.1) is 0 Å². The van der Waals surface area contributed by atoms with E-state index in [-0.39, 0.29) is 0 Å². The van der Waals surface area contributed by atoms with Crippen LogP contribution in [0.15, 0.2) is 36.4 Å². The van der Waals surface area contributed by atoms with Crippen molar-refractivity contribution >= 4 is 16.7 Å². The molecule has 4 nitrogen and oxygen atoms in total. The molecule has 0 aliphatic heterocycles. The van der Waals surface area contributed by atoms with E-state index in [1.807, 2.05) is 50.4 Å². The van der Waals surface area contributed by atoms with E-state index in [1.165, 1.54) is 0 Å². The van der Waals surface area contributed by atoms with Gasteiger partial charge < -0.3 is 5.73 Å². The molecule has 0 aliphatic rings. The maximum absolute atomic E-state index is 6.12. The quantitative estimate of drug-likeness (QED) is 0.708. The lowest BCUT2D eigenvalue weighted by Gasteiger charge is -2.04. The summed E-state index contributed by atoms with van der Waals surface area (Å²) >= 11 is 0. The van der Waals surface area contributed by atoms with Crippen molar-refractivity contribution in [2.24, 2.45) is 7.05 Å². The lowest BCUT2D eigenvalue weighted by Crippen LogP contribution is -1.95. The average molecular weight is 238 g/mol. The fourth-order valence-electron chi connectivity index (χ4n) is 2.23. The van der Waals surface area contributed by atoms with Gasteiger partial charge in [-0.05, 0) is 13.0 Å². The van der Waals surface area contributed by atoms with Gasteiger partial charge in [-0.25, -0.2) is 4.98 Å². The highest BCUT2D eigenvalue weighted by Crippen LogP contribution is 2.27. The predicted octanol–water partition coefficient (Wildman–Crippen LogP) is 2.53. The lowest BCUT2D eigenvalue weighted by atomic mass is 10.1. The number of benzene rings is 1. The van der Waals surface area contributed by atoms with E-state index in [0.717, 1.165) is 33.7 Å². The molecule has 0 amide bonds. The molecule has 2 N–H and O–H groups in total. The maximum Gasteiger partial charge on any atom is 0.160 e. The monoisotopic (exact) mass is 238 g/mol. The van der Waals surface area contributed by atoms with Gasteiger partial charge in [0.05, 0.1) is 16.8 Å². The molecule has 0 fully saturated rings. The van der Waals surface area contributed by atoms with Gasteiger partial charge >= 0.3 is 0 Å². The minimum atomic E-state index is 0.726. The molecule has 90 valence electrons. The molecule has 0 saturated carbocycles.